The van der Waals surface area contributed by atoms with E-state index < -0.39 is 0 Å². The molecule has 0 atom stereocenters. The second kappa shape index (κ2) is 10.1. The van der Waals surface area contributed by atoms with E-state index in [2.05, 4.69) is 19.2 Å². The van der Waals surface area contributed by atoms with E-state index in [-0.39, 0.29) is 23.4 Å². The van der Waals surface area contributed by atoms with Crippen molar-refractivity contribution in [3.8, 4) is 11.5 Å². The lowest BCUT2D eigenvalue weighted by Gasteiger charge is -2.17. The largest absolute Gasteiger partial charge is 0.495 e. The normalized spacial score (nSPS) is 14.1. The molecule has 0 spiro atoms. The summed E-state index contributed by atoms with van der Waals surface area (Å²) >= 11 is 6.16. The highest BCUT2D eigenvalue weighted by molar-refractivity contribution is 6.36. The first kappa shape index (κ1) is 23.7. The molecule has 0 aromatic heterocycles. The van der Waals surface area contributed by atoms with E-state index >= 15 is 0 Å². The van der Waals surface area contributed by atoms with Crippen LogP contribution in [0.1, 0.15) is 33.3 Å². The summed E-state index contributed by atoms with van der Waals surface area (Å²) in [7, 11) is 1.53. The Kier molecular flexibility index (Phi) is 7.46. The summed E-state index contributed by atoms with van der Waals surface area (Å²) in [5.74, 6) is 1.06. The second-order valence-corrected chi connectivity index (χ2v) is 9.00. The Morgan fingerprint density at radius 3 is 2.25 bits per heavy atom. The van der Waals surface area contributed by atoms with Gasteiger partial charge in [0.05, 0.1) is 25.0 Å². The van der Waals surface area contributed by atoms with Crippen LogP contribution in [0.5, 0.6) is 11.5 Å². The van der Waals surface area contributed by atoms with E-state index in [1.807, 2.05) is 26.0 Å². The number of nitrogens with one attached hydrogen (secondary N) is 1. The number of carbonyl (C=O) groups is 2. The highest BCUT2D eigenvalue weighted by atomic mass is 35.5. The third-order valence-corrected chi connectivity index (χ3v) is 5.10. The molecule has 0 saturated heterocycles. The Hall–Kier alpha value is -2.99. The SMILES string of the molecule is COc1ccc(Cl)cc1NC1=C(c2ccc(OCC(C)C)cc2)C(=O)N(CC(C)C)C1=O. The zero-order chi connectivity index (χ0) is 23.4. The minimum absolute atomic E-state index is 0.135. The molecule has 0 unspecified atom stereocenters. The molecule has 2 aromatic carbocycles. The predicted octanol–water partition coefficient (Wildman–Crippen LogP) is 5.23. The molecular weight excluding hydrogens is 428 g/mol. The third kappa shape index (κ3) is 5.25. The summed E-state index contributed by atoms with van der Waals surface area (Å²) in [5.41, 5.74) is 1.66. The van der Waals surface area contributed by atoms with Crippen LogP contribution >= 0.6 is 11.6 Å². The average Bonchev–Trinajstić information content (AvgIpc) is 2.97. The summed E-state index contributed by atoms with van der Waals surface area (Å²) < 4.78 is 11.1. The van der Waals surface area contributed by atoms with Crippen molar-refractivity contribution in [3.63, 3.8) is 0 Å². The number of methoxy groups -OCH3 is 1. The summed E-state index contributed by atoms with van der Waals surface area (Å²) in [4.78, 5) is 27.8. The molecule has 7 heteroatoms. The Bertz CT molecular complexity index is 1030. The first-order chi connectivity index (χ1) is 15.2. The van der Waals surface area contributed by atoms with Gasteiger partial charge in [-0.3, -0.25) is 14.5 Å². The minimum atomic E-state index is -0.374. The van der Waals surface area contributed by atoms with E-state index in [0.717, 1.165) is 0 Å². The lowest BCUT2D eigenvalue weighted by atomic mass is 10.0. The fourth-order valence-electron chi connectivity index (χ4n) is 3.38. The second-order valence-electron chi connectivity index (χ2n) is 8.56. The molecule has 2 aromatic rings. The van der Waals surface area contributed by atoms with Crippen LogP contribution in [-0.4, -0.2) is 37.0 Å². The zero-order valence-corrected chi connectivity index (χ0v) is 19.8. The number of hydrogen-bond acceptors (Lipinski definition) is 5. The molecule has 0 bridgehead atoms. The van der Waals surface area contributed by atoms with Crippen molar-refractivity contribution in [2.45, 2.75) is 27.7 Å². The van der Waals surface area contributed by atoms with Crippen molar-refractivity contribution in [2.24, 2.45) is 11.8 Å². The molecule has 3 rings (SSSR count). The first-order valence-electron chi connectivity index (χ1n) is 10.7. The van der Waals surface area contributed by atoms with Crippen LogP contribution < -0.4 is 14.8 Å². The number of nitrogens with zero attached hydrogens (tertiary/aromatic N) is 1. The summed E-state index contributed by atoms with van der Waals surface area (Å²) in [6.07, 6.45) is 0. The monoisotopic (exact) mass is 456 g/mol. The van der Waals surface area contributed by atoms with Gasteiger partial charge >= 0.3 is 0 Å². The minimum Gasteiger partial charge on any atom is -0.495 e. The predicted molar refractivity (Wildman–Crippen MR) is 127 cm³/mol. The quantitative estimate of drug-likeness (QED) is 0.523. The number of ether oxygens (including phenoxy) is 2. The summed E-state index contributed by atoms with van der Waals surface area (Å²) in [6.45, 7) is 9.01. The van der Waals surface area contributed by atoms with Gasteiger partial charge in [-0.25, -0.2) is 0 Å². The highest BCUT2D eigenvalue weighted by Crippen LogP contribution is 2.35. The van der Waals surface area contributed by atoms with Crippen LogP contribution in [-0.2, 0) is 9.59 Å². The van der Waals surface area contributed by atoms with Gasteiger partial charge in [0, 0.05) is 11.6 Å². The van der Waals surface area contributed by atoms with Gasteiger partial charge < -0.3 is 14.8 Å². The van der Waals surface area contributed by atoms with Gasteiger partial charge in [0.2, 0.25) is 0 Å². The van der Waals surface area contributed by atoms with Gasteiger partial charge in [0.25, 0.3) is 11.8 Å². The Balaban J connectivity index is 2.02. The molecule has 1 N–H and O–H groups in total. The number of hydrogen-bond donors (Lipinski definition) is 1. The molecule has 2 amide bonds. The van der Waals surface area contributed by atoms with Crippen LogP contribution in [0.4, 0.5) is 5.69 Å². The smallest absolute Gasteiger partial charge is 0.278 e. The van der Waals surface area contributed by atoms with Crippen molar-refractivity contribution in [2.75, 3.05) is 25.6 Å². The van der Waals surface area contributed by atoms with Crippen molar-refractivity contribution in [3.05, 3.63) is 58.7 Å². The van der Waals surface area contributed by atoms with E-state index in [4.69, 9.17) is 21.1 Å². The fourth-order valence-corrected chi connectivity index (χ4v) is 3.56. The molecule has 0 aliphatic carbocycles. The van der Waals surface area contributed by atoms with Gasteiger partial charge in [0.15, 0.2) is 0 Å². The van der Waals surface area contributed by atoms with Crippen LogP contribution in [0.3, 0.4) is 0 Å². The molecule has 170 valence electrons. The van der Waals surface area contributed by atoms with Crippen molar-refractivity contribution in [1.82, 2.24) is 4.90 Å². The highest BCUT2D eigenvalue weighted by Gasteiger charge is 2.39. The van der Waals surface area contributed by atoms with Crippen molar-refractivity contribution < 1.29 is 19.1 Å². The first-order valence-corrected chi connectivity index (χ1v) is 11.0. The average molecular weight is 457 g/mol. The lowest BCUT2D eigenvalue weighted by Crippen LogP contribution is -2.35. The fraction of sp³-hybridized carbons (Fsp3) is 0.360. The Labute approximate surface area is 194 Å². The molecular formula is C25H29ClN2O4. The standard InChI is InChI=1S/C25H29ClN2O4/c1-15(2)13-28-24(29)22(17-6-9-19(10-7-17)32-14-16(3)4)23(25(28)30)27-20-12-18(26)8-11-21(20)31-5/h6-12,15-16,27H,13-14H2,1-5H3. The topological polar surface area (TPSA) is 67.9 Å². The number of imide groups is 1. The van der Waals surface area contributed by atoms with Gasteiger partial charge in [-0.2, -0.15) is 0 Å². The Morgan fingerprint density at radius 1 is 0.969 bits per heavy atom. The third-order valence-electron chi connectivity index (χ3n) is 4.86. The van der Waals surface area contributed by atoms with Crippen LogP contribution in [0.25, 0.3) is 5.57 Å². The van der Waals surface area contributed by atoms with E-state index in [0.29, 0.717) is 52.4 Å². The van der Waals surface area contributed by atoms with Crippen LogP contribution in [0.15, 0.2) is 48.2 Å². The molecule has 6 nitrogen and oxygen atoms in total. The van der Waals surface area contributed by atoms with Crippen molar-refractivity contribution >= 4 is 34.7 Å². The van der Waals surface area contributed by atoms with Crippen LogP contribution in [0.2, 0.25) is 5.02 Å². The molecule has 1 aliphatic heterocycles. The number of halogens is 1. The zero-order valence-electron chi connectivity index (χ0n) is 19.1. The van der Waals surface area contributed by atoms with Gasteiger partial charge in [-0.1, -0.05) is 51.4 Å². The number of amides is 2. The van der Waals surface area contributed by atoms with E-state index in [1.54, 1.807) is 30.3 Å². The Morgan fingerprint density at radius 2 is 1.66 bits per heavy atom. The number of benzene rings is 2. The van der Waals surface area contributed by atoms with Gasteiger partial charge in [-0.15, -0.1) is 0 Å². The molecule has 0 saturated carbocycles. The molecule has 1 heterocycles. The van der Waals surface area contributed by atoms with E-state index in [9.17, 15) is 9.59 Å². The number of anilines is 1. The number of carbonyl (C=O) groups excluding carboxylic acids is 2. The van der Waals surface area contributed by atoms with Gasteiger partial charge in [0.1, 0.15) is 17.2 Å². The molecule has 0 radical (unpaired) electrons. The maximum Gasteiger partial charge on any atom is 0.278 e. The lowest BCUT2D eigenvalue weighted by molar-refractivity contribution is -0.137. The maximum atomic E-state index is 13.3. The molecule has 1 aliphatic rings. The van der Waals surface area contributed by atoms with Gasteiger partial charge in [-0.05, 0) is 47.7 Å². The van der Waals surface area contributed by atoms with Crippen LogP contribution in [0, 0.1) is 11.8 Å². The molecule has 0 fully saturated rings. The maximum absolute atomic E-state index is 13.3. The van der Waals surface area contributed by atoms with E-state index in [1.165, 1.54) is 12.0 Å². The summed E-state index contributed by atoms with van der Waals surface area (Å²) in [5, 5.41) is 3.60. The number of rotatable bonds is 9. The summed E-state index contributed by atoms with van der Waals surface area (Å²) in [6, 6.07) is 12.3. The van der Waals surface area contributed by atoms with Crippen molar-refractivity contribution in [1.29, 1.82) is 0 Å². The molecule has 32 heavy (non-hydrogen) atoms.